The molecule has 0 saturated heterocycles. The number of carbonyl (C=O) groups is 1. The maximum absolute atomic E-state index is 12.4. The summed E-state index contributed by atoms with van der Waals surface area (Å²) < 4.78 is 0. The zero-order valence-corrected chi connectivity index (χ0v) is 11.0. The molecule has 1 N–H and O–H groups in total. The molecule has 4 atom stereocenters. The zero-order valence-electron chi connectivity index (χ0n) is 11.0. The number of hydrogen-bond donors (Lipinski definition) is 1. The van der Waals surface area contributed by atoms with E-state index in [1.807, 2.05) is 26.8 Å². The van der Waals surface area contributed by atoms with Gasteiger partial charge in [-0.25, -0.2) is 0 Å². The van der Waals surface area contributed by atoms with Crippen molar-refractivity contribution >= 4 is 5.78 Å². The zero-order chi connectivity index (χ0) is 12.8. The Bertz CT molecular complexity index is 390. The summed E-state index contributed by atoms with van der Waals surface area (Å²) in [6.07, 6.45) is 4.18. The number of hydrogen-bond acceptors (Lipinski definition) is 2. The van der Waals surface area contributed by atoms with Crippen molar-refractivity contribution in [2.45, 2.75) is 45.6 Å². The highest BCUT2D eigenvalue weighted by Gasteiger charge is 2.52. The van der Waals surface area contributed by atoms with E-state index in [1.54, 1.807) is 0 Å². The van der Waals surface area contributed by atoms with Crippen molar-refractivity contribution in [3.8, 4) is 0 Å². The van der Waals surface area contributed by atoms with Gasteiger partial charge in [-0.2, -0.15) is 0 Å². The van der Waals surface area contributed by atoms with Crippen LogP contribution in [0.15, 0.2) is 23.8 Å². The van der Waals surface area contributed by atoms with Gasteiger partial charge in [0, 0.05) is 5.92 Å². The largest absolute Gasteiger partial charge is 0.389 e. The molecule has 17 heavy (non-hydrogen) atoms. The smallest absolute Gasteiger partial charge is 0.146 e. The standard InChI is InChI=1S/C15H22O2/c1-9(2)7-13-14(16)11(4)12-8-15(13,17)6-5-10(12)3/h7,11-13,17H,3,5-6,8H2,1-2,4H3/t11-,12?,13?,15+/m1/s1. The van der Waals surface area contributed by atoms with Crippen molar-refractivity contribution in [3.63, 3.8) is 0 Å². The lowest BCUT2D eigenvalue weighted by molar-refractivity contribution is -0.146. The van der Waals surface area contributed by atoms with E-state index in [1.165, 1.54) is 0 Å². The highest BCUT2D eigenvalue weighted by molar-refractivity contribution is 5.88. The maximum Gasteiger partial charge on any atom is 0.146 e. The molecular weight excluding hydrogens is 212 g/mol. The third-order valence-electron chi connectivity index (χ3n) is 4.41. The first kappa shape index (κ1) is 12.6. The Morgan fingerprint density at radius 3 is 2.76 bits per heavy atom. The van der Waals surface area contributed by atoms with Crippen LogP contribution in [0.5, 0.6) is 0 Å². The van der Waals surface area contributed by atoms with Crippen LogP contribution in [0.1, 0.15) is 40.0 Å². The van der Waals surface area contributed by atoms with Gasteiger partial charge in [0.2, 0.25) is 0 Å². The molecule has 0 aromatic rings. The molecule has 2 fully saturated rings. The average Bonchev–Trinajstić information content (AvgIpc) is 2.26. The summed E-state index contributed by atoms with van der Waals surface area (Å²) in [5.74, 6) is 0.0596. The molecule has 2 bridgehead atoms. The number of rotatable bonds is 1. The average molecular weight is 234 g/mol. The summed E-state index contributed by atoms with van der Waals surface area (Å²) in [7, 11) is 0. The van der Waals surface area contributed by atoms with Crippen molar-refractivity contribution in [2.24, 2.45) is 17.8 Å². The van der Waals surface area contributed by atoms with Crippen LogP contribution in [0.25, 0.3) is 0 Å². The number of Topliss-reactive ketones (excluding diaryl/α,β-unsaturated/α-hetero) is 1. The van der Waals surface area contributed by atoms with Crippen LogP contribution in [-0.4, -0.2) is 16.5 Å². The van der Waals surface area contributed by atoms with Gasteiger partial charge in [-0.15, -0.1) is 0 Å². The van der Waals surface area contributed by atoms with Gasteiger partial charge in [-0.3, -0.25) is 4.79 Å². The lowest BCUT2D eigenvalue weighted by Crippen LogP contribution is -2.54. The van der Waals surface area contributed by atoms with E-state index in [9.17, 15) is 9.90 Å². The fourth-order valence-electron chi connectivity index (χ4n) is 3.32. The highest BCUT2D eigenvalue weighted by atomic mass is 16.3. The number of ketones is 1. The van der Waals surface area contributed by atoms with Gasteiger partial charge in [0.1, 0.15) is 5.78 Å². The molecule has 2 aliphatic carbocycles. The first-order chi connectivity index (χ1) is 7.85. The van der Waals surface area contributed by atoms with Gasteiger partial charge in [0.25, 0.3) is 0 Å². The lowest BCUT2D eigenvalue weighted by Gasteiger charge is -2.49. The molecule has 0 aromatic carbocycles. The van der Waals surface area contributed by atoms with Crippen LogP contribution in [0.2, 0.25) is 0 Å². The summed E-state index contributed by atoms with van der Waals surface area (Å²) >= 11 is 0. The Labute approximate surface area is 103 Å². The van der Waals surface area contributed by atoms with Crippen molar-refractivity contribution in [2.75, 3.05) is 0 Å². The highest BCUT2D eigenvalue weighted by Crippen LogP contribution is 2.49. The fraction of sp³-hybridized carbons (Fsp3) is 0.667. The quantitative estimate of drug-likeness (QED) is 0.708. The summed E-state index contributed by atoms with van der Waals surface area (Å²) in [6, 6.07) is 0. The molecule has 2 saturated carbocycles. The van der Waals surface area contributed by atoms with Gasteiger partial charge >= 0.3 is 0 Å². The maximum atomic E-state index is 12.4. The second kappa shape index (κ2) is 4.09. The van der Waals surface area contributed by atoms with E-state index in [-0.39, 0.29) is 23.5 Å². The summed E-state index contributed by atoms with van der Waals surface area (Å²) in [4.78, 5) is 12.4. The molecule has 2 rings (SSSR count). The van der Waals surface area contributed by atoms with Crippen LogP contribution < -0.4 is 0 Å². The summed E-state index contributed by atoms with van der Waals surface area (Å²) in [5, 5.41) is 10.7. The van der Waals surface area contributed by atoms with Gasteiger partial charge in [0.05, 0.1) is 11.5 Å². The fourth-order valence-corrected chi connectivity index (χ4v) is 3.32. The normalized spacial score (nSPS) is 41.3. The van der Waals surface area contributed by atoms with Crippen LogP contribution in [-0.2, 0) is 4.79 Å². The van der Waals surface area contributed by atoms with Crippen LogP contribution >= 0.6 is 0 Å². The third-order valence-corrected chi connectivity index (χ3v) is 4.41. The molecule has 2 nitrogen and oxygen atoms in total. The Kier molecular flexibility index (Phi) is 3.03. The van der Waals surface area contributed by atoms with Gasteiger partial charge in [-0.05, 0) is 39.0 Å². The second-order valence-electron chi connectivity index (χ2n) is 5.99. The van der Waals surface area contributed by atoms with E-state index in [0.29, 0.717) is 12.8 Å². The Hall–Kier alpha value is -0.890. The molecular formula is C15H22O2. The molecule has 2 heteroatoms. The second-order valence-corrected chi connectivity index (χ2v) is 5.99. The Morgan fingerprint density at radius 1 is 1.53 bits per heavy atom. The third kappa shape index (κ3) is 1.99. The minimum Gasteiger partial charge on any atom is -0.389 e. The summed E-state index contributed by atoms with van der Waals surface area (Å²) in [5.41, 5.74) is 1.42. The molecule has 0 spiro atoms. The summed E-state index contributed by atoms with van der Waals surface area (Å²) in [6.45, 7) is 10.0. The molecule has 0 aromatic heterocycles. The SMILES string of the molecule is C=C1CC[C@]2(O)CC1[C@@H](C)C(=O)C2C=C(C)C. The number of allylic oxidation sites excluding steroid dienone is 2. The molecule has 94 valence electrons. The van der Waals surface area contributed by atoms with Gasteiger partial charge in [-0.1, -0.05) is 30.7 Å². The van der Waals surface area contributed by atoms with Crippen molar-refractivity contribution in [1.29, 1.82) is 0 Å². The molecule has 2 unspecified atom stereocenters. The van der Waals surface area contributed by atoms with Gasteiger partial charge in [0.15, 0.2) is 0 Å². The number of fused-ring (bicyclic) bond motifs is 2. The Balaban J connectivity index is 2.38. The van der Waals surface area contributed by atoms with Gasteiger partial charge < -0.3 is 5.11 Å². The van der Waals surface area contributed by atoms with Crippen molar-refractivity contribution in [1.82, 2.24) is 0 Å². The minimum absolute atomic E-state index is 0.00340. The minimum atomic E-state index is -0.827. The van der Waals surface area contributed by atoms with Crippen molar-refractivity contribution in [3.05, 3.63) is 23.8 Å². The molecule has 0 heterocycles. The van der Waals surface area contributed by atoms with Crippen molar-refractivity contribution < 1.29 is 9.90 Å². The first-order valence-electron chi connectivity index (χ1n) is 6.44. The van der Waals surface area contributed by atoms with E-state index < -0.39 is 5.60 Å². The van der Waals surface area contributed by atoms with Crippen LogP contribution in [0.4, 0.5) is 0 Å². The lowest BCUT2D eigenvalue weighted by atomic mass is 9.58. The van der Waals surface area contributed by atoms with Crippen LogP contribution in [0.3, 0.4) is 0 Å². The molecule has 2 aliphatic rings. The van der Waals surface area contributed by atoms with E-state index in [4.69, 9.17) is 0 Å². The Morgan fingerprint density at radius 2 is 2.18 bits per heavy atom. The predicted molar refractivity (Wildman–Crippen MR) is 68.5 cm³/mol. The van der Waals surface area contributed by atoms with Crippen LogP contribution in [0, 0.1) is 17.8 Å². The topological polar surface area (TPSA) is 37.3 Å². The molecule has 0 radical (unpaired) electrons. The molecule has 0 aliphatic heterocycles. The first-order valence-corrected chi connectivity index (χ1v) is 6.44. The van der Waals surface area contributed by atoms with E-state index in [2.05, 4.69) is 6.58 Å². The number of aliphatic hydroxyl groups is 1. The molecule has 0 amide bonds. The van der Waals surface area contributed by atoms with E-state index in [0.717, 1.165) is 17.6 Å². The number of carbonyl (C=O) groups excluding carboxylic acids is 1. The van der Waals surface area contributed by atoms with E-state index >= 15 is 0 Å². The predicted octanol–water partition coefficient (Wildman–Crippen LogP) is 2.88. The monoisotopic (exact) mass is 234 g/mol.